The number of hydrogen-bond donors (Lipinski definition) is 2. The molecule has 3 nitrogen and oxygen atoms in total. The van der Waals surface area contributed by atoms with Gasteiger partial charge in [0, 0.05) is 31.9 Å². The third-order valence-corrected chi connectivity index (χ3v) is 3.27. The van der Waals surface area contributed by atoms with Crippen molar-refractivity contribution >= 4 is 0 Å². The van der Waals surface area contributed by atoms with Gasteiger partial charge < -0.3 is 15.2 Å². The van der Waals surface area contributed by atoms with Crippen LogP contribution in [0.2, 0.25) is 0 Å². The van der Waals surface area contributed by atoms with E-state index in [9.17, 15) is 5.11 Å². The Morgan fingerprint density at radius 3 is 2.61 bits per heavy atom. The molecule has 1 rings (SSSR count). The highest BCUT2D eigenvalue weighted by Gasteiger charge is 2.19. The van der Waals surface area contributed by atoms with Gasteiger partial charge >= 0.3 is 0 Å². The summed E-state index contributed by atoms with van der Waals surface area (Å²) in [5.74, 6) is 0.354. The Labute approximate surface area is 110 Å². The Bertz CT molecular complexity index is 363. The molecule has 1 aromatic carbocycles. The number of methoxy groups -OCH3 is 1. The number of hydrogen-bond acceptors (Lipinski definition) is 3. The van der Waals surface area contributed by atoms with Crippen LogP contribution in [0.25, 0.3) is 0 Å². The van der Waals surface area contributed by atoms with Crippen molar-refractivity contribution in [3.63, 3.8) is 0 Å². The van der Waals surface area contributed by atoms with Crippen molar-refractivity contribution in [1.82, 2.24) is 5.32 Å². The van der Waals surface area contributed by atoms with Crippen molar-refractivity contribution in [2.75, 3.05) is 20.3 Å². The summed E-state index contributed by atoms with van der Waals surface area (Å²) in [7, 11) is 1.73. The smallest absolute Gasteiger partial charge is 0.120 e. The van der Waals surface area contributed by atoms with Gasteiger partial charge in [0.2, 0.25) is 0 Å². The van der Waals surface area contributed by atoms with E-state index in [0.29, 0.717) is 5.75 Å². The summed E-state index contributed by atoms with van der Waals surface area (Å²) in [6.45, 7) is 8.18. The number of rotatable bonds is 7. The van der Waals surface area contributed by atoms with Crippen LogP contribution in [0.1, 0.15) is 38.8 Å². The molecule has 0 spiro atoms. The lowest BCUT2D eigenvalue weighted by atomic mass is 9.89. The van der Waals surface area contributed by atoms with E-state index in [-0.39, 0.29) is 11.5 Å². The van der Waals surface area contributed by atoms with Gasteiger partial charge in [0.25, 0.3) is 0 Å². The predicted octanol–water partition coefficient (Wildman–Crippen LogP) is 3.11. The molecule has 0 bridgehead atoms. The van der Waals surface area contributed by atoms with Crippen LogP contribution >= 0.6 is 0 Å². The third-order valence-electron chi connectivity index (χ3n) is 3.27. The number of ether oxygens (including phenoxy) is 1. The largest absolute Gasteiger partial charge is 0.508 e. The average Bonchev–Trinajstić information content (AvgIpc) is 2.34. The second-order valence-corrected chi connectivity index (χ2v) is 5.57. The van der Waals surface area contributed by atoms with Crippen molar-refractivity contribution in [3.8, 4) is 5.75 Å². The molecule has 1 unspecified atom stereocenters. The van der Waals surface area contributed by atoms with Crippen molar-refractivity contribution in [2.24, 2.45) is 5.41 Å². The second kappa shape index (κ2) is 6.76. The minimum atomic E-state index is 0.146. The van der Waals surface area contributed by atoms with Gasteiger partial charge in [-0.15, -0.1) is 0 Å². The molecule has 0 saturated heterocycles. The minimum Gasteiger partial charge on any atom is -0.508 e. The predicted molar refractivity (Wildman–Crippen MR) is 74.8 cm³/mol. The maximum Gasteiger partial charge on any atom is 0.120 e. The van der Waals surface area contributed by atoms with E-state index in [4.69, 9.17) is 4.74 Å². The summed E-state index contributed by atoms with van der Waals surface area (Å²) in [5.41, 5.74) is 1.13. The first kappa shape index (κ1) is 15.0. The first-order valence-corrected chi connectivity index (χ1v) is 6.46. The molecule has 2 N–H and O–H groups in total. The summed E-state index contributed by atoms with van der Waals surface area (Å²) < 4.78 is 5.12. The van der Waals surface area contributed by atoms with E-state index >= 15 is 0 Å². The van der Waals surface area contributed by atoms with E-state index in [1.165, 1.54) is 0 Å². The molecule has 0 aliphatic carbocycles. The molecule has 0 aliphatic rings. The molecule has 0 radical (unpaired) electrons. The molecule has 0 fully saturated rings. The SMILES string of the molecule is COCCC(C)(C)CNC(C)c1ccccc1O. The van der Waals surface area contributed by atoms with E-state index in [2.05, 4.69) is 26.1 Å². The molecule has 3 heteroatoms. The van der Waals surface area contributed by atoms with Gasteiger partial charge in [-0.1, -0.05) is 32.0 Å². The van der Waals surface area contributed by atoms with E-state index in [1.54, 1.807) is 13.2 Å². The van der Waals surface area contributed by atoms with Crippen LogP contribution < -0.4 is 5.32 Å². The van der Waals surface area contributed by atoms with Gasteiger partial charge in [0.1, 0.15) is 5.75 Å². The molecule has 0 aromatic heterocycles. The molecule has 0 saturated carbocycles. The molecule has 18 heavy (non-hydrogen) atoms. The molecule has 0 amide bonds. The van der Waals surface area contributed by atoms with Crippen LogP contribution in [-0.4, -0.2) is 25.4 Å². The normalized spacial score (nSPS) is 13.6. The minimum absolute atomic E-state index is 0.146. The zero-order valence-corrected chi connectivity index (χ0v) is 11.9. The van der Waals surface area contributed by atoms with Crippen molar-refractivity contribution in [2.45, 2.75) is 33.2 Å². The summed E-state index contributed by atoms with van der Waals surface area (Å²) >= 11 is 0. The molecule has 1 aromatic rings. The number of phenolic OH excluding ortho intramolecular Hbond substituents is 1. The maximum absolute atomic E-state index is 9.79. The Morgan fingerprint density at radius 1 is 1.33 bits per heavy atom. The van der Waals surface area contributed by atoms with Crippen LogP contribution in [0.3, 0.4) is 0 Å². The zero-order chi connectivity index (χ0) is 13.6. The molecule has 0 heterocycles. The van der Waals surface area contributed by atoms with Gasteiger partial charge in [-0.25, -0.2) is 0 Å². The number of para-hydroxylation sites is 1. The Kier molecular flexibility index (Phi) is 5.63. The lowest BCUT2D eigenvalue weighted by Gasteiger charge is -2.27. The number of benzene rings is 1. The van der Waals surface area contributed by atoms with Gasteiger partial charge in [0.05, 0.1) is 0 Å². The fraction of sp³-hybridized carbons (Fsp3) is 0.600. The third kappa shape index (κ3) is 4.67. The summed E-state index contributed by atoms with van der Waals surface area (Å²) in [6, 6.07) is 7.61. The number of phenols is 1. The second-order valence-electron chi connectivity index (χ2n) is 5.57. The average molecular weight is 251 g/mol. The summed E-state index contributed by atoms with van der Waals surface area (Å²) in [6.07, 6.45) is 1.02. The topological polar surface area (TPSA) is 41.5 Å². The highest BCUT2D eigenvalue weighted by atomic mass is 16.5. The van der Waals surface area contributed by atoms with Crippen molar-refractivity contribution < 1.29 is 9.84 Å². The highest BCUT2D eigenvalue weighted by Crippen LogP contribution is 2.25. The van der Waals surface area contributed by atoms with Crippen LogP contribution in [0.4, 0.5) is 0 Å². The molecule has 0 aliphatic heterocycles. The van der Waals surface area contributed by atoms with Gasteiger partial charge in [0.15, 0.2) is 0 Å². The van der Waals surface area contributed by atoms with Crippen LogP contribution in [0, 0.1) is 5.41 Å². The lowest BCUT2D eigenvalue weighted by molar-refractivity contribution is 0.149. The van der Waals surface area contributed by atoms with E-state index in [0.717, 1.165) is 25.1 Å². The molecule has 102 valence electrons. The maximum atomic E-state index is 9.79. The van der Waals surface area contributed by atoms with Crippen LogP contribution in [0.15, 0.2) is 24.3 Å². The Balaban J connectivity index is 2.51. The van der Waals surface area contributed by atoms with Gasteiger partial charge in [-0.2, -0.15) is 0 Å². The van der Waals surface area contributed by atoms with Gasteiger partial charge in [-0.05, 0) is 24.8 Å². The monoisotopic (exact) mass is 251 g/mol. The first-order chi connectivity index (χ1) is 8.46. The Hall–Kier alpha value is -1.06. The van der Waals surface area contributed by atoms with E-state index < -0.39 is 0 Å². The van der Waals surface area contributed by atoms with Crippen LogP contribution in [-0.2, 0) is 4.74 Å². The molecular weight excluding hydrogens is 226 g/mol. The van der Waals surface area contributed by atoms with Gasteiger partial charge in [-0.3, -0.25) is 0 Å². The fourth-order valence-corrected chi connectivity index (χ4v) is 1.86. The number of aromatic hydroxyl groups is 1. The Morgan fingerprint density at radius 2 is 2.00 bits per heavy atom. The number of nitrogens with one attached hydrogen (secondary N) is 1. The molecule has 1 atom stereocenters. The highest BCUT2D eigenvalue weighted by molar-refractivity contribution is 5.34. The fourth-order valence-electron chi connectivity index (χ4n) is 1.86. The standard InChI is InChI=1S/C15H25NO2/c1-12(13-7-5-6-8-14(13)17)16-11-15(2,3)9-10-18-4/h5-8,12,16-17H,9-11H2,1-4H3. The quantitative estimate of drug-likeness (QED) is 0.782. The summed E-state index contributed by atoms with van der Waals surface area (Å²) in [5, 5.41) is 13.3. The zero-order valence-electron chi connectivity index (χ0n) is 11.9. The molecular formula is C15H25NO2. The lowest BCUT2D eigenvalue weighted by Crippen LogP contribution is -2.32. The van der Waals surface area contributed by atoms with E-state index in [1.807, 2.05) is 18.2 Å². The van der Waals surface area contributed by atoms with Crippen molar-refractivity contribution in [1.29, 1.82) is 0 Å². The van der Waals surface area contributed by atoms with Crippen LogP contribution in [0.5, 0.6) is 5.75 Å². The van der Waals surface area contributed by atoms with Crippen molar-refractivity contribution in [3.05, 3.63) is 29.8 Å². The first-order valence-electron chi connectivity index (χ1n) is 6.46. The summed E-state index contributed by atoms with van der Waals surface area (Å²) in [4.78, 5) is 0.